The number of rotatable bonds is 2. The summed E-state index contributed by atoms with van der Waals surface area (Å²) in [4.78, 5) is 0. The number of aliphatic hydroxyl groups is 1. The molecule has 1 aliphatic rings. The quantitative estimate of drug-likeness (QED) is 0.853. The van der Waals surface area contributed by atoms with Gasteiger partial charge in [0.1, 0.15) is 5.82 Å². The Morgan fingerprint density at radius 3 is 2.88 bits per heavy atom. The minimum absolute atomic E-state index is 0.0334. The van der Waals surface area contributed by atoms with Crippen LogP contribution in [0, 0.1) is 6.92 Å². The van der Waals surface area contributed by atoms with Crippen molar-refractivity contribution in [1.29, 1.82) is 0 Å². The van der Waals surface area contributed by atoms with Crippen LogP contribution in [0.25, 0.3) is 0 Å². The smallest absolute Gasteiger partial charge is 0.154 e. The largest absolute Gasteiger partial charge is 0.388 e. The van der Waals surface area contributed by atoms with Crippen LogP contribution in [0.15, 0.2) is 6.07 Å². The highest BCUT2D eigenvalue weighted by molar-refractivity contribution is 6.30. The van der Waals surface area contributed by atoms with E-state index in [0.717, 1.165) is 31.2 Å². The van der Waals surface area contributed by atoms with Gasteiger partial charge in [-0.2, -0.15) is 0 Å². The highest BCUT2D eigenvalue weighted by Crippen LogP contribution is 2.30. The Morgan fingerprint density at radius 2 is 2.24 bits per heavy atom. The van der Waals surface area contributed by atoms with Crippen molar-refractivity contribution in [3.63, 3.8) is 0 Å². The molecule has 1 aromatic heterocycles. The summed E-state index contributed by atoms with van der Waals surface area (Å²) in [6.45, 7) is 3.77. The van der Waals surface area contributed by atoms with E-state index in [2.05, 4.69) is 15.5 Å². The van der Waals surface area contributed by atoms with Crippen molar-refractivity contribution in [1.82, 2.24) is 10.2 Å². The van der Waals surface area contributed by atoms with Crippen LogP contribution >= 0.6 is 11.6 Å². The van der Waals surface area contributed by atoms with Gasteiger partial charge in [-0.1, -0.05) is 24.4 Å². The lowest BCUT2D eigenvalue weighted by Crippen LogP contribution is -2.46. The monoisotopic (exact) mass is 255 g/mol. The highest BCUT2D eigenvalue weighted by Gasteiger charge is 2.34. The average Bonchev–Trinajstić information content (AvgIpc) is 2.26. The van der Waals surface area contributed by atoms with E-state index in [9.17, 15) is 5.11 Å². The fourth-order valence-corrected chi connectivity index (χ4v) is 2.36. The fourth-order valence-electron chi connectivity index (χ4n) is 2.26. The summed E-state index contributed by atoms with van der Waals surface area (Å²) in [5.41, 5.74) is 0.215. The van der Waals surface area contributed by atoms with E-state index in [1.165, 1.54) is 0 Å². The number of hydrogen-bond donors (Lipinski definition) is 2. The van der Waals surface area contributed by atoms with Crippen molar-refractivity contribution < 1.29 is 5.11 Å². The van der Waals surface area contributed by atoms with Gasteiger partial charge in [0.15, 0.2) is 5.15 Å². The maximum Gasteiger partial charge on any atom is 0.154 e. The van der Waals surface area contributed by atoms with Gasteiger partial charge in [-0.3, -0.25) is 0 Å². The summed E-state index contributed by atoms with van der Waals surface area (Å²) >= 11 is 5.83. The van der Waals surface area contributed by atoms with E-state index >= 15 is 0 Å². The molecule has 0 saturated heterocycles. The Kier molecular flexibility index (Phi) is 3.54. The van der Waals surface area contributed by atoms with Crippen LogP contribution in [0.1, 0.15) is 38.2 Å². The number of nitrogens with one attached hydrogen (secondary N) is 1. The molecule has 1 heterocycles. The zero-order valence-corrected chi connectivity index (χ0v) is 11.0. The second kappa shape index (κ2) is 4.78. The molecule has 1 fully saturated rings. The standard InChI is InChI=1S/C12H18ClN3O/c1-8-7-10(15-16-11(8)13)14-9-5-3-4-6-12(9,2)17/h7,9,17H,3-6H2,1-2H3,(H,14,15)/t9-,12+/m0/s1. The van der Waals surface area contributed by atoms with Crippen LogP contribution in [0.5, 0.6) is 0 Å². The lowest BCUT2D eigenvalue weighted by atomic mass is 9.82. The van der Waals surface area contributed by atoms with Crippen LogP contribution in [-0.2, 0) is 0 Å². The van der Waals surface area contributed by atoms with E-state index in [4.69, 9.17) is 11.6 Å². The molecule has 1 saturated carbocycles. The molecule has 5 heteroatoms. The van der Waals surface area contributed by atoms with Gasteiger partial charge in [0.05, 0.1) is 11.6 Å². The molecule has 1 aromatic rings. The van der Waals surface area contributed by atoms with Gasteiger partial charge < -0.3 is 10.4 Å². The number of nitrogens with zero attached hydrogens (tertiary/aromatic N) is 2. The van der Waals surface area contributed by atoms with Gasteiger partial charge in [-0.25, -0.2) is 0 Å². The second-order valence-corrected chi connectivity index (χ2v) is 5.36. The first kappa shape index (κ1) is 12.6. The first-order valence-electron chi connectivity index (χ1n) is 5.98. The molecule has 0 radical (unpaired) electrons. The van der Waals surface area contributed by atoms with Gasteiger partial charge >= 0.3 is 0 Å². The van der Waals surface area contributed by atoms with Gasteiger partial charge in [-0.05, 0) is 38.3 Å². The zero-order valence-electron chi connectivity index (χ0n) is 10.2. The van der Waals surface area contributed by atoms with Gasteiger partial charge in [0.2, 0.25) is 0 Å². The van der Waals surface area contributed by atoms with Crippen molar-refractivity contribution in [2.75, 3.05) is 5.32 Å². The minimum Gasteiger partial charge on any atom is -0.388 e. The molecule has 0 spiro atoms. The molecule has 0 bridgehead atoms. The molecule has 0 amide bonds. The molecule has 17 heavy (non-hydrogen) atoms. The predicted molar refractivity (Wildman–Crippen MR) is 68.3 cm³/mol. The van der Waals surface area contributed by atoms with Crippen LogP contribution in [0.2, 0.25) is 5.15 Å². The lowest BCUT2D eigenvalue weighted by Gasteiger charge is -2.37. The Hall–Kier alpha value is -0.870. The summed E-state index contributed by atoms with van der Waals surface area (Å²) in [6.07, 6.45) is 3.99. The molecule has 2 atom stereocenters. The maximum atomic E-state index is 10.3. The van der Waals surface area contributed by atoms with Gasteiger partial charge in [0, 0.05) is 0 Å². The first-order chi connectivity index (χ1) is 7.99. The van der Waals surface area contributed by atoms with Crippen molar-refractivity contribution in [3.8, 4) is 0 Å². The highest BCUT2D eigenvalue weighted by atomic mass is 35.5. The molecule has 2 rings (SSSR count). The Balaban J connectivity index is 2.11. The van der Waals surface area contributed by atoms with Crippen LogP contribution in [-0.4, -0.2) is 26.9 Å². The fraction of sp³-hybridized carbons (Fsp3) is 0.667. The lowest BCUT2D eigenvalue weighted by molar-refractivity contribution is 0.0104. The summed E-state index contributed by atoms with van der Waals surface area (Å²) in [6, 6.07) is 1.89. The number of aromatic nitrogens is 2. The molecule has 0 aromatic carbocycles. The van der Waals surface area contributed by atoms with E-state index < -0.39 is 5.60 Å². The third-order valence-electron chi connectivity index (χ3n) is 3.42. The topological polar surface area (TPSA) is 58.0 Å². The summed E-state index contributed by atoms with van der Waals surface area (Å²) in [7, 11) is 0. The van der Waals surface area contributed by atoms with Crippen molar-refractivity contribution in [2.24, 2.45) is 0 Å². The Labute approximate surface area is 106 Å². The van der Waals surface area contributed by atoms with Crippen molar-refractivity contribution >= 4 is 17.4 Å². The number of aryl methyl sites for hydroxylation is 1. The van der Waals surface area contributed by atoms with Gasteiger partial charge in [0.25, 0.3) is 0 Å². The number of anilines is 1. The molecule has 4 nitrogen and oxygen atoms in total. The average molecular weight is 256 g/mol. The molecule has 1 aliphatic carbocycles. The third-order valence-corrected chi connectivity index (χ3v) is 3.80. The van der Waals surface area contributed by atoms with E-state index in [1.807, 2.05) is 19.9 Å². The second-order valence-electron chi connectivity index (χ2n) is 5.00. The first-order valence-corrected chi connectivity index (χ1v) is 6.35. The predicted octanol–water partition coefficient (Wildman–Crippen LogP) is 2.54. The molecular formula is C12H18ClN3O. The zero-order chi connectivity index (χ0) is 12.5. The van der Waals surface area contributed by atoms with Crippen molar-refractivity contribution in [3.05, 3.63) is 16.8 Å². The van der Waals surface area contributed by atoms with E-state index in [0.29, 0.717) is 11.0 Å². The van der Waals surface area contributed by atoms with Crippen LogP contribution in [0.3, 0.4) is 0 Å². The van der Waals surface area contributed by atoms with Gasteiger partial charge in [-0.15, -0.1) is 10.2 Å². The van der Waals surface area contributed by atoms with Crippen molar-refractivity contribution in [2.45, 2.75) is 51.2 Å². The third kappa shape index (κ3) is 2.87. The summed E-state index contributed by atoms with van der Waals surface area (Å²) in [5.74, 6) is 0.680. The minimum atomic E-state index is -0.673. The SMILES string of the molecule is Cc1cc(N[C@H]2CCCC[C@@]2(C)O)nnc1Cl. The molecule has 94 valence electrons. The van der Waals surface area contributed by atoms with E-state index in [-0.39, 0.29) is 6.04 Å². The molecular weight excluding hydrogens is 238 g/mol. The Bertz CT molecular complexity index is 409. The Morgan fingerprint density at radius 1 is 1.47 bits per heavy atom. The molecule has 0 aliphatic heterocycles. The van der Waals surface area contributed by atoms with Crippen LogP contribution < -0.4 is 5.32 Å². The number of hydrogen-bond acceptors (Lipinski definition) is 4. The molecule has 2 N–H and O–H groups in total. The van der Waals surface area contributed by atoms with E-state index in [1.54, 1.807) is 0 Å². The number of halogens is 1. The summed E-state index contributed by atoms with van der Waals surface area (Å²) in [5, 5.41) is 21.8. The normalized spacial score (nSPS) is 29.1. The molecule has 0 unspecified atom stereocenters. The van der Waals surface area contributed by atoms with Crippen LogP contribution in [0.4, 0.5) is 5.82 Å². The summed E-state index contributed by atoms with van der Waals surface area (Å²) < 4.78 is 0. The maximum absolute atomic E-state index is 10.3.